The van der Waals surface area contributed by atoms with Gasteiger partial charge in [-0.05, 0) is 0 Å². The molecule has 0 amide bonds. The van der Waals surface area contributed by atoms with Crippen LogP contribution in [0.2, 0.25) is 0 Å². The maximum absolute atomic E-state index is 9.38. The molecular formula is H11Cr2Na3O13. The fraction of sp³-hybridized carbons (Fsp3) is 0. The summed E-state index contributed by atoms with van der Waals surface area (Å²) in [7, 11) is 0. The predicted molar refractivity (Wildman–Crippen MR) is 23.8 cm³/mol. The van der Waals surface area contributed by atoms with Crippen LogP contribution in [0.5, 0.6) is 0 Å². The molecule has 18 heteroatoms. The van der Waals surface area contributed by atoms with E-state index in [1.807, 2.05) is 0 Å². The van der Waals surface area contributed by atoms with E-state index < -0.39 is 27.2 Å². The average molecular weight is 392 g/mol. The van der Waals surface area contributed by atoms with Crippen LogP contribution in [0.25, 0.3) is 0 Å². The molecule has 0 unspecified atom stereocenters. The van der Waals surface area contributed by atoms with E-state index in [-0.39, 0.29) is 122 Å². The topological polar surface area (TPSA) is 311 Å². The summed E-state index contributed by atoms with van der Waals surface area (Å²) in [6.45, 7) is 0. The van der Waals surface area contributed by atoms with Crippen LogP contribution in [0.4, 0.5) is 0 Å². The molecule has 13 nitrogen and oxygen atoms in total. The van der Waals surface area contributed by atoms with Crippen molar-refractivity contribution in [3.63, 3.8) is 0 Å². The van der Waals surface area contributed by atoms with Crippen molar-refractivity contribution >= 4 is 0 Å². The second kappa shape index (κ2) is 28.1. The van der Waals surface area contributed by atoms with E-state index in [1.165, 1.54) is 0 Å². The summed E-state index contributed by atoms with van der Waals surface area (Å²) in [5.74, 6) is 0. The molecule has 0 bridgehead atoms. The molecule has 0 aromatic carbocycles. The van der Waals surface area contributed by atoms with E-state index in [0.717, 1.165) is 0 Å². The molecule has 18 heavy (non-hydrogen) atoms. The summed E-state index contributed by atoms with van der Waals surface area (Å²) in [6.07, 6.45) is 0. The standard InChI is InChI=1S/2Cr.3Na.6H2O.7O/h;;;;;6*1H2;;;;;;;/q;;3*+1;;;;;;;;;;;;2*-1/p-1. The first-order valence-electron chi connectivity index (χ1n) is 1.33. The molecule has 11 N–H and O–H groups in total. The summed E-state index contributed by atoms with van der Waals surface area (Å²) >= 11 is -12.1. The molecule has 0 aromatic heterocycles. The summed E-state index contributed by atoms with van der Waals surface area (Å²) in [5, 5.41) is 0. The van der Waals surface area contributed by atoms with Gasteiger partial charge in [-0.25, -0.2) is 0 Å². The fourth-order valence-corrected chi connectivity index (χ4v) is 1.74. The predicted octanol–water partition coefficient (Wildman–Crippen LogP) is -16.2. The Kier molecular flexibility index (Phi) is 109. The van der Waals surface area contributed by atoms with Gasteiger partial charge in [0.1, 0.15) is 0 Å². The Balaban J connectivity index is -0.00000000889. The first-order chi connectivity index (χ1) is 3.71. The zero-order valence-corrected chi connectivity index (χ0v) is 18.2. The first-order valence-corrected chi connectivity index (χ1v) is 5.50. The van der Waals surface area contributed by atoms with Gasteiger partial charge >= 0.3 is 142 Å². The van der Waals surface area contributed by atoms with Crippen LogP contribution in [0.1, 0.15) is 0 Å². The monoisotopic (exact) mass is 392 g/mol. The zero-order chi connectivity index (χ0) is 7.71. The summed E-state index contributed by atoms with van der Waals surface area (Å²) < 4.78 is 58.9. The van der Waals surface area contributed by atoms with Crippen LogP contribution in [0.3, 0.4) is 0 Å². The summed E-state index contributed by atoms with van der Waals surface area (Å²) in [6, 6.07) is 0. The molecule has 0 aromatic rings. The average Bonchev–Trinajstić information content (AvgIpc) is 1.14. The summed E-state index contributed by atoms with van der Waals surface area (Å²) in [5.41, 5.74) is 0. The van der Waals surface area contributed by atoms with Gasteiger partial charge < -0.3 is 32.9 Å². The van der Waals surface area contributed by atoms with Crippen molar-refractivity contribution in [2.24, 2.45) is 0 Å². The van der Waals surface area contributed by atoms with E-state index in [1.54, 1.807) is 0 Å². The SMILES string of the molecule is O.O.O.O.O.[Na+].[Na+].[Na+].[OH-].[O]=[Cr](=[O])([O-])[O][Cr](=[O])(=[O])[O-]. The van der Waals surface area contributed by atoms with Crippen LogP contribution >= 0.6 is 0 Å². The molecule has 0 fully saturated rings. The molecule has 0 spiro atoms. The Morgan fingerprint density at radius 3 is 0.722 bits per heavy atom. The van der Waals surface area contributed by atoms with Crippen LogP contribution in [0.15, 0.2) is 0 Å². The Bertz CT molecular complexity index is 245. The van der Waals surface area contributed by atoms with Gasteiger partial charge in [-0.2, -0.15) is 0 Å². The maximum atomic E-state index is 9.38. The van der Waals surface area contributed by atoms with Crippen molar-refractivity contribution in [2.45, 2.75) is 0 Å². The van der Waals surface area contributed by atoms with Crippen molar-refractivity contribution in [3.05, 3.63) is 0 Å². The van der Waals surface area contributed by atoms with Gasteiger partial charge in [0, 0.05) is 0 Å². The second-order valence-electron chi connectivity index (χ2n) is 0.885. The number of hydrogen-bond donors (Lipinski definition) is 0. The van der Waals surface area contributed by atoms with Gasteiger partial charge in [0.15, 0.2) is 0 Å². The fourth-order valence-electron chi connectivity index (χ4n) is 0.102. The molecule has 104 valence electrons. The normalized spacial score (nSPS) is 6.78. The van der Waals surface area contributed by atoms with E-state index in [0.29, 0.717) is 0 Å². The number of hydrogen-bond acceptors (Lipinski definition) is 8. The van der Waals surface area contributed by atoms with Crippen LogP contribution in [0, 0.1) is 0 Å². The third kappa shape index (κ3) is 76.4. The van der Waals surface area contributed by atoms with Gasteiger partial charge in [-0.15, -0.1) is 0 Å². The van der Waals surface area contributed by atoms with Crippen LogP contribution in [-0.4, -0.2) is 32.9 Å². The van der Waals surface area contributed by atoms with Gasteiger partial charge in [-0.3, -0.25) is 0 Å². The van der Waals surface area contributed by atoms with Gasteiger partial charge in [0.2, 0.25) is 0 Å². The minimum atomic E-state index is -6.07. The quantitative estimate of drug-likeness (QED) is 0.405. The summed E-state index contributed by atoms with van der Waals surface area (Å²) in [4.78, 5) is 0. The second-order valence-corrected chi connectivity index (χ2v) is 4.52. The first kappa shape index (κ1) is 69.7. The Hall–Kier alpha value is 2.90. The molecule has 0 heterocycles. The van der Waals surface area contributed by atoms with Crippen molar-refractivity contribution in [3.8, 4) is 0 Å². The third-order valence-electron chi connectivity index (χ3n) is 0.167. The molecule has 0 radical (unpaired) electrons. The van der Waals surface area contributed by atoms with Crippen molar-refractivity contribution < 1.29 is 175 Å². The van der Waals surface area contributed by atoms with Crippen molar-refractivity contribution in [1.82, 2.24) is 0 Å². The van der Waals surface area contributed by atoms with Crippen LogP contribution in [-0.2, 0) is 45.3 Å². The molecule has 0 atom stereocenters. The van der Waals surface area contributed by atoms with Crippen LogP contribution < -0.4 is 97.0 Å². The molecule has 0 saturated carbocycles. The minimum absolute atomic E-state index is 0. The van der Waals surface area contributed by atoms with Gasteiger partial charge in [0.05, 0.1) is 0 Å². The molecule has 0 aliphatic carbocycles. The molecular weight excluding hydrogens is 381 g/mol. The van der Waals surface area contributed by atoms with Crippen molar-refractivity contribution in [2.75, 3.05) is 0 Å². The molecule has 0 rings (SSSR count). The van der Waals surface area contributed by atoms with E-state index >= 15 is 0 Å². The Morgan fingerprint density at radius 1 is 0.611 bits per heavy atom. The molecule has 0 aliphatic rings. The van der Waals surface area contributed by atoms with E-state index in [4.69, 9.17) is 0 Å². The van der Waals surface area contributed by atoms with E-state index in [9.17, 15) is 23.5 Å². The zero-order valence-electron chi connectivity index (χ0n) is 9.62. The molecule has 0 saturated heterocycles. The Labute approximate surface area is 172 Å². The molecule has 0 aliphatic heterocycles. The third-order valence-corrected chi connectivity index (χ3v) is 2.83. The Morgan fingerprint density at radius 2 is 0.722 bits per heavy atom. The van der Waals surface area contributed by atoms with E-state index in [2.05, 4.69) is 2.84 Å². The van der Waals surface area contributed by atoms with Gasteiger partial charge in [0.25, 0.3) is 0 Å². The van der Waals surface area contributed by atoms with Gasteiger partial charge in [-0.1, -0.05) is 0 Å². The number of rotatable bonds is 2. The van der Waals surface area contributed by atoms with Crippen molar-refractivity contribution in [1.29, 1.82) is 0 Å².